The quantitative estimate of drug-likeness (QED) is 0.0320. The van der Waals surface area contributed by atoms with Crippen LogP contribution in [0.15, 0.2) is 24.3 Å². The van der Waals surface area contributed by atoms with E-state index in [1.165, 1.54) is 347 Å². The number of hydrogen-bond donors (Lipinski definition) is 3. The van der Waals surface area contributed by atoms with Crippen molar-refractivity contribution in [2.75, 3.05) is 13.2 Å². The molecule has 81 heavy (non-hydrogen) atoms. The van der Waals surface area contributed by atoms with Crippen LogP contribution in [0.1, 0.15) is 418 Å². The van der Waals surface area contributed by atoms with E-state index in [4.69, 9.17) is 4.74 Å². The smallest absolute Gasteiger partial charge is 0.305 e. The number of amides is 1. The monoisotopic (exact) mass is 1140 g/mol. The minimum absolute atomic E-state index is 0.0183. The van der Waals surface area contributed by atoms with Gasteiger partial charge in [0.15, 0.2) is 0 Å². The third-order valence-corrected chi connectivity index (χ3v) is 17.5. The van der Waals surface area contributed by atoms with Gasteiger partial charge in [-0.25, -0.2) is 0 Å². The molecule has 6 heteroatoms. The Kier molecular flexibility index (Phi) is 69.4. The average Bonchev–Trinajstić information content (AvgIpc) is 3.47. The van der Waals surface area contributed by atoms with Crippen LogP contribution in [0, 0.1) is 0 Å². The molecule has 0 spiro atoms. The normalized spacial score (nSPS) is 12.6. The number of carbonyl (C=O) groups is 2. The molecule has 0 fully saturated rings. The molecule has 0 aliphatic rings. The van der Waals surface area contributed by atoms with Crippen LogP contribution in [-0.2, 0) is 14.3 Å². The predicted octanol–water partition coefficient (Wildman–Crippen LogP) is 24.1. The molecule has 0 rings (SSSR count). The van der Waals surface area contributed by atoms with Crippen LogP contribution < -0.4 is 5.32 Å². The third-order valence-electron chi connectivity index (χ3n) is 17.5. The number of hydrogen-bond acceptors (Lipinski definition) is 5. The van der Waals surface area contributed by atoms with E-state index < -0.39 is 12.1 Å². The zero-order valence-electron chi connectivity index (χ0n) is 55.0. The predicted molar refractivity (Wildman–Crippen MR) is 356 cm³/mol. The van der Waals surface area contributed by atoms with Gasteiger partial charge in [0.05, 0.1) is 25.4 Å². The van der Waals surface area contributed by atoms with Crippen molar-refractivity contribution in [2.45, 2.75) is 431 Å². The second-order valence-corrected chi connectivity index (χ2v) is 25.6. The number of rotatable bonds is 70. The summed E-state index contributed by atoms with van der Waals surface area (Å²) in [4.78, 5) is 24.6. The molecule has 0 saturated carbocycles. The van der Waals surface area contributed by atoms with Gasteiger partial charge in [-0.1, -0.05) is 372 Å². The fourth-order valence-corrected chi connectivity index (χ4v) is 11.8. The molecule has 0 heterocycles. The van der Waals surface area contributed by atoms with Gasteiger partial charge < -0.3 is 20.3 Å². The lowest BCUT2D eigenvalue weighted by Crippen LogP contribution is -2.45. The van der Waals surface area contributed by atoms with Gasteiger partial charge in [0.25, 0.3) is 0 Å². The molecule has 0 aliphatic carbocycles. The summed E-state index contributed by atoms with van der Waals surface area (Å²) in [7, 11) is 0. The Labute approximate surface area is 507 Å². The van der Waals surface area contributed by atoms with Crippen LogP contribution in [0.3, 0.4) is 0 Å². The lowest BCUT2D eigenvalue weighted by Gasteiger charge is -2.20. The Balaban J connectivity index is 3.32. The number of esters is 1. The third kappa shape index (κ3) is 67.3. The molecule has 0 aromatic carbocycles. The molecule has 6 nitrogen and oxygen atoms in total. The van der Waals surface area contributed by atoms with E-state index in [1.807, 2.05) is 6.08 Å². The van der Waals surface area contributed by atoms with Crippen molar-refractivity contribution in [1.29, 1.82) is 0 Å². The summed E-state index contributed by atoms with van der Waals surface area (Å²) in [5, 5.41) is 23.2. The summed E-state index contributed by atoms with van der Waals surface area (Å²) in [6.07, 6.45) is 90.0. The summed E-state index contributed by atoms with van der Waals surface area (Å²) in [6, 6.07) is -0.624. The number of unbranched alkanes of at least 4 members (excludes halogenated alkanes) is 57. The van der Waals surface area contributed by atoms with E-state index in [9.17, 15) is 19.8 Å². The van der Waals surface area contributed by atoms with Crippen molar-refractivity contribution in [3.8, 4) is 0 Å². The van der Waals surface area contributed by atoms with Crippen molar-refractivity contribution in [2.24, 2.45) is 0 Å². The zero-order valence-corrected chi connectivity index (χ0v) is 55.0. The summed E-state index contributed by atoms with van der Waals surface area (Å²) < 4.78 is 5.51. The number of aliphatic hydroxyl groups is 2. The van der Waals surface area contributed by atoms with Crippen LogP contribution >= 0.6 is 0 Å². The zero-order chi connectivity index (χ0) is 58.5. The molecule has 0 radical (unpaired) electrons. The molecule has 0 bridgehead atoms. The molecule has 0 saturated heterocycles. The Morgan fingerprint density at radius 2 is 0.580 bits per heavy atom. The SMILES string of the molecule is CCCCCCCC/C=C\CCCCCCCCCC(=O)OCCCCCCCCCCCCCCCCCCCCCCCCCCCCCCCCCCC(=O)NC(CO)C(O)/C=C/CCCCCCCCCCCCCCC. The summed E-state index contributed by atoms with van der Waals surface area (Å²) in [6.45, 7) is 4.94. The summed E-state index contributed by atoms with van der Waals surface area (Å²) in [5.41, 5.74) is 0. The van der Waals surface area contributed by atoms with Crippen molar-refractivity contribution in [1.82, 2.24) is 5.32 Å². The lowest BCUT2D eigenvalue weighted by atomic mass is 10.0. The molecular formula is C75H145NO5. The van der Waals surface area contributed by atoms with E-state index in [2.05, 4.69) is 31.3 Å². The van der Waals surface area contributed by atoms with Crippen LogP contribution in [0.4, 0.5) is 0 Å². The summed E-state index contributed by atoms with van der Waals surface area (Å²) in [5.74, 6) is -0.0423. The molecule has 480 valence electrons. The molecule has 0 aromatic rings. The topological polar surface area (TPSA) is 95.9 Å². The molecule has 0 aliphatic heterocycles. The van der Waals surface area contributed by atoms with Crippen molar-refractivity contribution < 1.29 is 24.5 Å². The Morgan fingerprint density at radius 3 is 0.877 bits per heavy atom. The van der Waals surface area contributed by atoms with Crippen LogP contribution in [0.5, 0.6) is 0 Å². The highest BCUT2D eigenvalue weighted by molar-refractivity contribution is 5.76. The largest absolute Gasteiger partial charge is 0.466 e. The first-order valence-electron chi connectivity index (χ1n) is 37.1. The van der Waals surface area contributed by atoms with Crippen LogP contribution in [0.2, 0.25) is 0 Å². The van der Waals surface area contributed by atoms with Crippen molar-refractivity contribution >= 4 is 11.9 Å². The average molecular weight is 1140 g/mol. The Hall–Kier alpha value is -1.66. The molecule has 1 amide bonds. The first kappa shape index (κ1) is 79.3. The summed E-state index contributed by atoms with van der Waals surface area (Å²) >= 11 is 0. The van der Waals surface area contributed by atoms with Gasteiger partial charge in [-0.15, -0.1) is 0 Å². The van der Waals surface area contributed by atoms with Gasteiger partial charge in [-0.2, -0.15) is 0 Å². The minimum Gasteiger partial charge on any atom is -0.466 e. The van der Waals surface area contributed by atoms with Crippen molar-refractivity contribution in [3.05, 3.63) is 24.3 Å². The van der Waals surface area contributed by atoms with Crippen molar-refractivity contribution in [3.63, 3.8) is 0 Å². The number of allylic oxidation sites excluding steroid dienone is 3. The van der Waals surface area contributed by atoms with Gasteiger partial charge in [-0.05, 0) is 57.8 Å². The van der Waals surface area contributed by atoms with Crippen LogP contribution in [-0.4, -0.2) is 47.4 Å². The second kappa shape index (κ2) is 70.8. The molecule has 2 atom stereocenters. The Bertz CT molecular complexity index is 1270. The first-order valence-corrected chi connectivity index (χ1v) is 37.1. The molecule has 2 unspecified atom stereocenters. The maximum atomic E-state index is 12.5. The Morgan fingerprint density at radius 1 is 0.333 bits per heavy atom. The maximum Gasteiger partial charge on any atom is 0.305 e. The fraction of sp³-hybridized carbons (Fsp3) is 0.920. The van der Waals surface area contributed by atoms with E-state index in [0.29, 0.717) is 19.4 Å². The van der Waals surface area contributed by atoms with Gasteiger partial charge in [-0.3, -0.25) is 9.59 Å². The molecule has 3 N–H and O–H groups in total. The van der Waals surface area contributed by atoms with E-state index >= 15 is 0 Å². The second-order valence-electron chi connectivity index (χ2n) is 25.6. The van der Waals surface area contributed by atoms with Crippen LogP contribution in [0.25, 0.3) is 0 Å². The van der Waals surface area contributed by atoms with Gasteiger partial charge >= 0.3 is 5.97 Å². The van der Waals surface area contributed by atoms with E-state index in [1.54, 1.807) is 6.08 Å². The molecule has 0 aromatic heterocycles. The van der Waals surface area contributed by atoms with Gasteiger partial charge in [0.2, 0.25) is 5.91 Å². The maximum absolute atomic E-state index is 12.5. The number of carbonyl (C=O) groups excluding carboxylic acids is 2. The standard InChI is InChI=1S/C75H145NO5/c1-3-5-7-9-11-13-15-17-19-36-41-45-49-53-57-61-65-69-75(80)81-70-66-62-58-54-50-46-42-38-35-33-31-29-27-25-23-21-20-22-24-26-28-30-32-34-37-40-44-48-52-56-60-64-68-74(79)76-72(71-77)73(78)67-63-59-55-51-47-43-39-18-16-14-12-10-8-6-4-2/h17,19,63,67,72-73,77-78H,3-16,18,20-62,64-66,68-71H2,1-2H3,(H,76,79)/b19-17-,67-63+. The van der Waals surface area contributed by atoms with Gasteiger partial charge in [0.1, 0.15) is 0 Å². The highest BCUT2D eigenvalue weighted by atomic mass is 16.5. The highest BCUT2D eigenvalue weighted by Crippen LogP contribution is 2.19. The van der Waals surface area contributed by atoms with Gasteiger partial charge in [0, 0.05) is 12.8 Å². The fourth-order valence-electron chi connectivity index (χ4n) is 11.8. The number of aliphatic hydroxyl groups excluding tert-OH is 2. The first-order chi connectivity index (χ1) is 40.0. The minimum atomic E-state index is -0.841. The highest BCUT2D eigenvalue weighted by Gasteiger charge is 2.18. The lowest BCUT2D eigenvalue weighted by molar-refractivity contribution is -0.143. The van der Waals surface area contributed by atoms with E-state index in [-0.39, 0.29) is 18.5 Å². The van der Waals surface area contributed by atoms with E-state index in [0.717, 1.165) is 44.9 Å². The number of ether oxygens (including phenoxy) is 1. The number of nitrogens with one attached hydrogen (secondary N) is 1. The molecular weight excluding hydrogens is 995 g/mol.